The van der Waals surface area contributed by atoms with Crippen LogP contribution in [0.5, 0.6) is 5.75 Å². The molecule has 8 nitrogen and oxygen atoms in total. The van der Waals surface area contributed by atoms with Gasteiger partial charge >= 0.3 is 12.3 Å². The number of aliphatic hydroxyl groups is 1. The summed E-state index contributed by atoms with van der Waals surface area (Å²) in [4.78, 5) is 23.1. The van der Waals surface area contributed by atoms with E-state index >= 15 is 0 Å². The van der Waals surface area contributed by atoms with E-state index in [0.717, 1.165) is 36.9 Å². The number of halogens is 3. The van der Waals surface area contributed by atoms with Crippen molar-refractivity contribution in [3.8, 4) is 17.0 Å². The molecule has 1 amide bonds. The lowest BCUT2D eigenvalue weighted by molar-refractivity contribution is -0.274. The summed E-state index contributed by atoms with van der Waals surface area (Å²) in [6.07, 6.45) is -2.25. The number of carbonyl (C=O) groups is 2. The summed E-state index contributed by atoms with van der Waals surface area (Å²) in [5.74, 6) is -1.31. The number of nitrogens with zero attached hydrogens (tertiary/aromatic N) is 2. The molecule has 3 N–H and O–H groups in total. The van der Waals surface area contributed by atoms with Crippen LogP contribution in [0.3, 0.4) is 0 Å². The van der Waals surface area contributed by atoms with E-state index in [2.05, 4.69) is 30.8 Å². The summed E-state index contributed by atoms with van der Waals surface area (Å²) >= 11 is 0. The Balaban J connectivity index is 1.55. The van der Waals surface area contributed by atoms with Gasteiger partial charge in [0.25, 0.3) is 5.91 Å². The molecule has 0 saturated heterocycles. The second-order valence-corrected chi connectivity index (χ2v) is 11.9. The summed E-state index contributed by atoms with van der Waals surface area (Å²) in [5.41, 5.74) is 3.80. The van der Waals surface area contributed by atoms with E-state index in [0.29, 0.717) is 29.3 Å². The molecule has 1 heterocycles. The van der Waals surface area contributed by atoms with Crippen LogP contribution >= 0.6 is 0 Å². The lowest BCUT2D eigenvalue weighted by Gasteiger charge is -2.37. The standard InChI is InChI=1S/C31H36F3N3O5/c1-30(2,3)23-12-8-21(9-13-23)26-16-25(20-10-14-24(15-11-20)42-31(32,33)34)36-37(26)18-19-4-6-22(7-5-19)28(39)35-17-27(38)29(40)41/h4-7,10-11,14-16,21,23,27,38H,8-9,12-13,17-18H2,1-3H3,(H,35,39)(H,40,41). The monoisotopic (exact) mass is 587 g/mol. The number of ether oxygens (including phenoxy) is 1. The molecule has 2 aromatic carbocycles. The van der Waals surface area contributed by atoms with Crippen LogP contribution in [0.1, 0.15) is 74.0 Å². The Hall–Kier alpha value is -3.86. The van der Waals surface area contributed by atoms with Crippen LogP contribution < -0.4 is 10.1 Å². The van der Waals surface area contributed by atoms with Gasteiger partial charge in [-0.05, 0) is 85.0 Å². The number of carbonyl (C=O) groups excluding carboxylic acids is 1. The summed E-state index contributed by atoms with van der Waals surface area (Å²) in [6, 6.07) is 14.5. The van der Waals surface area contributed by atoms with Crippen molar-refractivity contribution in [2.24, 2.45) is 11.3 Å². The fourth-order valence-electron chi connectivity index (χ4n) is 5.42. The number of hydrogen-bond acceptors (Lipinski definition) is 5. The van der Waals surface area contributed by atoms with E-state index in [1.165, 1.54) is 12.1 Å². The molecule has 3 aromatic rings. The third kappa shape index (κ3) is 8.12. The maximum atomic E-state index is 12.6. The molecule has 4 rings (SSSR count). The minimum absolute atomic E-state index is 0.232. The Kier molecular flexibility index (Phi) is 9.30. The predicted molar refractivity (Wildman–Crippen MR) is 150 cm³/mol. The molecule has 0 radical (unpaired) electrons. The molecule has 1 atom stereocenters. The molecule has 1 fully saturated rings. The molecule has 226 valence electrons. The highest BCUT2D eigenvalue weighted by atomic mass is 19.4. The first kappa shape index (κ1) is 31.1. The number of benzene rings is 2. The van der Waals surface area contributed by atoms with E-state index < -0.39 is 30.9 Å². The zero-order chi connectivity index (χ0) is 30.7. The summed E-state index contributed by atoms with van der Waals surface area (Å²) in [5, 5.41) is 25.4. The topological polar surface area (TPSA) is 114 Å². The number of alkyl halides is 3. The van der Waals surface area contributed by atoms with Crippen LogP contribution in [-0.2, 0) is 11.3 Å². The first-order chi connectivity index (χ1) is 19.7. The summed E-state index contributed by atoms with van der Waals surface area (Å²) in [6.45, 7) is 6.82. The molecule has 42 heavy (non-hydrogen) atoms. The number of aliphatic carboxylic acids is 1. The zero-order valence-electron chi connectivity index (χ0n) is 23.8. The van der Waals surface area contributed by atoms with E-state index in [4.69, 9.17) is 10.2 Å². The van der Waals surface area contributed by atoms with Crippen molar-refractivity contribution in [1.82, 2.24) is 15.1 Å². The largest absolute Gasteiger partial charge is 0.573 e. The lowest BCUT2D eigenvalue weighted by atomic mass is 9.69. The van der Waals surface area contributed by atoms with Crippen molar-refractivity contribution in [2.45, 2.75) is 71.4 Å². The molecule has 0 bridgehead atoms. The first-order valence-electron chi connectivity index (χ1n) is 13.9. The normalized spacial score (nSPS) is 18.4. The number of aliphatic hydroxyl groups excluding tert-OH is 1. The number of carboxylic acid groups (broad SMARTS) is 1. The van der Waals surface area contributed by atoms with Gasteiger partial charge in [0.05, 0.1) is 18.8 Å². The first-order valence-corrected chi connectivity index (χ1v) is 13.9. The SMILES string of the molecule is CC(C)(C)C1CCC(c2cc(-c3ccc(OC(F)(F)F)cc3)nn2Cc2ccc(C(=O)NCC(O)C(=O)O)cc2)CC1. The second kappa shape index (κ2) is 12.6. The van der Waals surface area contributed by atoms with Gasteiger partial charge in [0.1, 0.15) is 5.75 Å². The molecule has 0 spiro atoms. The van der Waals surface area contributed by atoms with Crippen molar-refractivity contribution in [3.05, 3.63) is 71.4 Å². The fourth-order valence-corrected chi connectivity index (χ4v) is 5.42. The van der Waals surface area contributed by atoms with Gasteiger partial charge in [0, 0.05) is 22.7 Å². The Morgan fingerprint density at radius 1 is 1.02 bits per heavy atom. The van der Waals surface area contributed by atoms with Gasteiger partial charge in [-0.1, -0.05) is 32.9 Å². The highest BCUT2D eigenvalue weighted by Crippen LogP contribution is 2.44. The Morgan fingerprint density at radius 3 is 2.19 bits per heavy atom. The van der Waals surface area contributed by atoms with Crippen LogP contribution in [0.4, 0.5) is 13.2 Å². The number of aromatic nitrogens is 2. The van der Waals surface area contributed by atoms with Gasteiger partial charge in [-0.3, -0.25) is 9.48 Å². The molecular formula is C31H36F3N3O5. The highest BCUT2D eigenvalue weighted by molar-refractivity contribution is 5.94. The van der Waals surface area contributed by atoms with Gasteiger partial charge in [-0.2, -0.15) is 5.10 Å². The summed E-state index contributed by atoms with van der Waals surface area (Å²) < 4.78 is 43.8. The van der Waals surface area contributed by atoms with Crippen LogP contribution in [0.15, 0.2) is 54.6 Å². The van der Waals surface area contributed by atoms with Crippen molar-refractivity contribution >= 4 is 11.9 Å². The maximum absolute atomic E-state index is 12.6. The van der Waals surface area contributed by atoms with Gasteiger partial charge in [0.15, 0.2) is 6.10 Å². The smallest absolute Gasteiger partial charge is 0.479 e. The minimum Gasteiger partial charge on any atom is -0.479 e. The fraction of sp³-hybridized carbons (Fsp3) is 0.452. The van der Waals surface area contributed by atoms with Crippen LogP contribution in [-0.4, -0.2) is 50.9 Å². The Bertz CT molecular complexity index is 1370. The number of hydrogen-bond donors (Lipinski definition) is 3. The van der Waals surface area contributed by atoms with Crippen LogP contribution in [0, 0.1) is 11.3 Å². The Labute approximate surface area is 242 Å². The molecule has 1 unspecified atom stereocenters. The number of nitrogens with one attached hydrogen (secondary N) is 1. The second-order valence-electron chi connectivity index (χ2n) is 11.9. The van der Waals surface area contributed by atoms with Crippen LogP contribution in [0.2, 0.25) is 0 Å². The third-order valence-corrected chi connectivity index (χ3v) is 7.85. The molecule has 11 heteroatoms. The molecule has 1 aliphatic carbocycles. The molecular weight excluding hydrogens is 551 g/mol. The van der Waals surface area contributed by atoms with Crippen molar-refractivity contribution in [2.75, 3.05) is 6.54 Å². The average molecular weight is 588 g/mol. The molecule has 1 aromatic heterocycles. The quantitative estimate of drug-likeness (QED) is 0.283. The van der Waals surface area contributed by atoms with E-state index in [9.17, 15) is 27.9 Å². The number of carboxylic acids is 1. The molecule has 1 aliphatic rings. The number of amides is 1. The molecule has 0 aliphatic heterocycles. The van der Waals surface area contributed by atoms with E-state index in [-0.39, 0.29) is 17.1 Å². The van der Waals surface area contributed by atoms with Crippen LogP contribution in [0.25, 0.3) is 11.3 Å². The predicted octanol–water partition coefficient (Wildman–Crippen LogP) is 5.99. The third-order valence-electron chi connectivity index (χ3n) is 7.85. The zero-order valence-corrected chi connectivity index (χ0v) is 23.8. The Morgan fingerprint density at radius 2 is 1.64 bits per heavy atom. The van der Waals surface area contributed by atoms with E-state index in [1.807, 2.05) is 10.7 Å². The van der Waals surface area contributed by atoms with Crippen molar-refractivity contribution in [1.29, 1.82) is 0 Å². The van der Waals surface area contributed by atoms with Gasteiger partial charge in [-0.15, -0.1) is 13.2 Å². The number of rotatable bonds is 9. The van der Waals surface area contributed by atoms with Gasteiger partial charge in [0.2, 0.25) is 0 Å². The van der Waals surface area contributed by atoms with Crippen molar-refractivity contribution < 1.29 is 37.7 Å². The lowest BCUT2D eigenvalue weighted by Crippen LogP contribution is -2.36. The highest BCUT2D eigenvalue weighted by Gasteiger charge is 2.32. The maximum Gasteiger partial charge on any atom is 0.573 e. The van der Waals surface area contributed by atoms with Gasteiger partial charge in [-0.25, -0.2) is 4.79 Å². The van der Waals surface area contributed by atoms with Gasteiger partial charge < -0.3 is 20.3 Å². The molecule has 1 saturated carbocycles. The average Bonchev–Trinajstić information content (AvgIpc) is 3.34. The van der Waals surface area contributed by atoms with E-state index in [1.54, 1.807) is 36.4 Å². The summed E-state index contributed by atoms with van der Waals surface area (Å²) in [7, 11) is 0. The minimum atomic E-state index is -4.77. The van der Waals surface area contributed by atoms with Crippen molar-refractivity contribution in [3.63, 3.8) is 0 Å².